The Morgan fingerprint density at radius 2 is 2.00 bits per heavy atom. The van der Waals surface area contributed by atoms with Crippen LogP contribution in [0.4, 0.5) is 0 Å². The fourth-order valence-corrected chi connectivity index (χ4v) is 3.92. The van der Waals surface area contributed by atoms with E-state index in [1.807, 2.05) is 12.1 Å². The molecule has 0 amide bonds. The summed E-state index contributed by atoms with van der Waals surface area (Å²) in [7, 11) is 7.69. The highest BCUT2D eigenvalue weighted by atomic mass is 35.5. The van der Waals surface area contributed by atoms with E-state index in [-0.39, 0.29) is 24.2 Å². The van der Waals surface area contributed by atoms with Crippen LogP contribution in [0, 0.1) is 0 Å². The first-order valence-electron chi connectivity index (χ1n) is 10.4. The summed E-state index contributed by atoms with van der Waals surface area (Å²) in [4.78, 5) is 30.3. The molecular weight excluding hydrogens is 419 g/mol. The molecule has 1 unspecified atom stereocenters. The summed E-state index contributed by atoms with van der Waals surface area (Å²) in [6.45, 7) is 1.69. The summed E-state index contributed by atoms with van der Waals surface area (Å²) in [6, 6.07) is 7.27. The maximum atomic E-state index is 13.2. The molecule has 2 aromatic heterocycles. The van der Waals surface area contributed by atoms with Crippen LogP contribution in [0.15, 0.2) is 33.9 Å². The molecule has 3 heterocycles. The SMILES string of the molecule is [B]c1nc2c(c(=O)n(CCCOC3CCCCO3)c(=O)n2C)n1Cc1ccc(Cl)cc1. The van der Waals surface area contributed by atoms with Gasteiger partial charge < -0.3 is 14.0 Å². The Labute approximate surface area is 185 Å². The lowest BCUT2D eigenvalue weighted by Crippen LogP contribution is -2.40. The van der Waals surface area contributed by atoms with Gasteiger partial charge in [-0.25, -0.2) is 9.78 Å². The van der Waals surface area contributed by atoms with Gasteiger partial charge in [0.05, 0.1) is 12.3 Å². The van der Waals surface area contributed by atoms with E-state index in [1.165, 1.54) is 9.13 Å². The first kappa shape index (κ1) is 21.9. The molecule has 0 N–H and O–H groups in total. The van der Waals surface area contributed by atoms with Crippen LogP contribution in [-0.2, 0) is 29.6 Å². The normalized spacial score (nSPS) is 16.8. The molecule has 1 aromatic carbocycles. The number of benzene rings is 1. The molecule has 1 aliphatic heterocycles. The van der Waals surface area contributed by atoms with Gasteiger partial charge in [-0.3, -0.25) is 13.9 Å². The number of rotatable bonds is 7. The number of fused-ring (bicyclic) bond motifs is 1. The van der Waals surface area contributed by atoms with E-state index < -0.39 is 11.2 Å². The fourth-order valence-electron chi connectivity index (χ4n) is 3.80. The van der Waals surface area contributed by atoms with Gasteiger partial charge in [0.2, 0.25) is 0 Å². The van der Waals surface area contributed by atoms with Gasteiger partial charge in [-0.1, -0.05) is 23.7 Å². The van der Waals surface area contributed by atoms with Crippen LogP contribution in [-0.4, -0.2) is 46.0 Å². The zero-order chi connectivity index (χ0) is 22.0. The molecule has 2 radical (unpaired) electrons. The Kier molecular flexibility index (Phi) is 6.64. The number of halogens is 1. The van der Waals surface area contributed by atoms with E-state index in [0.29, 0.717) is 36.7 Å². The maximum Gasteiger partial charge on any atom is 0.332 e. The Bertz CT molecular complexity index is 1180. The number of imidazole rings is 1. The largest absolute Gasteiger partial charge is 0.353 e. The molecule has 162 valence electrons. The minimum atomic E-state index is -0.428. The number of aryl methyl sites for hydroxylation is 1. The molecule has 4 rings (SSSR count). The van der Waals surface area contributed by atoms with Crippen LogP contribution in [0.1, 0.15) is 31.2 Å². The third-order valence-electron chi connectivity index (χ3n) is 5.48. The average Bonchev–Trinajstić information content (AvgIpc) is 3.10. The van der Waals surface area contributed by atoms with Crippen molar-refractivity contribution in [1.29, 1.82) is 0 Å². The van der Waals surface area contributed by atoms with Crippen LogP contribution in [0.25, 0.3) is 11.2 Å². The molecule has 3 aromatic rings. The zero-order valence-corrected chi connectivity index (χ0v) is 18.2. The van der Waals surface area contributed by atoms with E-state index in [1.54, 1.807) is 23.7 Å². The molecule has 1 saturated heterocycles. The quantitative estimate of drug-likeness (QED) is 0.407. The van der Waals surface area contributed by atoms with Crippen molar-refractivity contribution in [3.63, 3.8) is 0 Å². The lowest BCUT2D eigenvalue weighted by molar-refractivity contribution is -0.163. The second-order valence-corrected chi connectivity index (χ2v) is 8.11. The molecule has 10 heteroatoms. The standard InChI is InChI=1S/C21H24BClN4O4/c1-25-18-17(27(20(22)24-18)13-14-6-8-15(23)9-7-14)19(28)26(21(25)29)10-4-12-31-16-5-2-3-11-30-16/h6-9,16H,2-5,10-13H2,1H3. The summed E-state index contributed by atoms with van der Waals surface area (Å²) >= 11 is 5.96. The van der Waals surface area contributed by atoms with Crippen molar-refractivity contribution in [3.05, 3.63) is 55.7 Å². The molecule has 0 spiro atoms. The molecule has 1 fully saturated rings. The highest BCUT2D eigenvalue weighted by Crippen LogP contribution is 2.14. The Balaban J connectivity index is 1.59. The third-order valence-corrected chi connectivity index (χ3v) is 5.74. The topological polar surface area (TPSA) is 80.3 Å². The number of aromatic nitrogens is 4. The zero-order valence-electron chi connectivity index (χ0n) is 17.4. The minimum absolute atomic E-state index is 0.174. The van der Waals surface area contributed by atoms with Gasteiger partial charge in [-0.2, -0.15) is 0 Å². The summed E-state index contributed by atoms with van der Waals surface area (Å²) in [5.41, 5.74) is 0.812. The molecular formula is C21H24BClN4O4. The van der Waals surface area contributed by atoms with E-state index >= 15 is 0 Å². The smallest absolute Gasteiger partial charge is 0.332 e. The summed E-state index contributed by atoms with van der Waals surface area (Å²) < 4.78 is 15.5. The lowest BCUT2D eigenvalue weighted by Gasteiger charge is -2.22. The van der Waals surface area contributed by atoms with E-state index in [2.05, 4.69) is 4.98 Å². The Hall–Kier alpha value is -2.36. The molecule has 31 heavy (non-hydrogen) atoms. The van der Waals surface area contributed by atoms with E-state index in [4.69, 9.17) is 28.9 Å². The van der Waals surface area contributed by atoms with Crippen LogP contribution >= 0.6 is 11.6 Å². The van der Waals surface area contributed by atoms with Crippen LogP contribution < -0.4 is 17.0 Å². The van der Waals surface area contributed by atoms with Gasteiger partial charge in [0.1, 0.15) is 0 Å². The van der Waals surface area contributed by atoms with Crippen molar-refractivity contribution < 1.29 is 9.47 Å². The Morgan fingerprint density at radius 3 is 2.71 bits per heavy atom. The second kappa shape index (κ2) is 9.42. The lowest BCUT2D eigenvalue weighted by atomic mass is 10.1. The van der Waals surface area contributed by atoms with Crippen LogP contribution in [0.5, 0.6) is 0 Å². The van der Waals surface area contributed by atoms with Crippen molar-refractivity contribution >= 4 is 36.3 Å². The summed E-state index contributed by atoms with van der Waals surface area (Å²) in [6.07, 6.45) is 3.33. The second-order valence-electron chi connectivity index (χ2n) is 7.67. The van der Waals surface area contributed by atoms with Crippen molar-refractivity contribution in [2.24, 2.45) is 7.05 Å². The van der Waals surface area contributed by atoms with E-state index in [0.717, 1.165) is 24.8 Å². The predicted octanol–water partition coefficient (Wildman–Crippen LogP) is 1.33. The third kappa shape index (κ3) is 4.63. The number of hydrogen-bond acceptors (Lipinski definition) is 5. The fraction of sp³-hybridized carbons (Fsp3) is 0.476. The Morgan fingerprint density at radius 1 is 1.23 bits per heavy atom. The summed E-state index contributed by atoms with van der Waals surface area (Å²) in [5, 5.41) is 0.623. The molecule has 0 aliphatic carbocycles. The van der Waals surface area contributed by atoms with Crippen molar-refractivity contribution in [2.75, 3.05) is 13.2 Å². The molecule has 0 bridgehead atoms. The average molecular weight is 443 g/mol. The molecule has 1 atom stereocenters. The predicted molar refractivity (Wildman–Crippen MR) is 119 cm³/mol. The van der Waals surface area contributed by atoms with Gasteiger partial charge in [0.15, 0.2) is 25.3 Å². The minimum Gasteiger partial charge on any atom is -0.353 e. The molecule has 8 nitrogen and oxygen atoms in total. The van der Waals surface area contributed by atoms with E-state index in [9.17, 15) is 9.59 Å². The van der Waals surface area contributed by atoms with Gasteiger partial charge >= 0.3 is 5.69 Å². The van der Waals surface area contributed by atoms with Gasteiger partial charge in [0.25, 0.3) is 5.56 Å². The van der Waals surface area contributed by atoms with Gasteiger partial charge in [-0.15, -0.1) is 0 Å². The van der Waals surface area contributed by atoms with Crippen molar-refractivity contribution in [2.45, 2.75) is 45.1 Å². The van der Waals surface area contributed by atoms with Gasteiger partial charge in [-0.05, 0) is 43.4 Å². The van der Waals surface area contributed by atoms with Gasteiger partial charge in [0, 0.05) is 31.8 Å². The maximum absolute atomic E-state index is 13.2. The number of ether oxygens (including phenoxy) is 2. The molecule has 1 aliphatic rings. The number of hydrogen-bond donors (Lipinski definition) is 0. The summed E-state index contributed by atoms with van der Waals surface area (Å²) in [5.74, 6) is 0. The number of nitrogens with zero attached hydrogens (tertiary/aromatic N) is 4. The van der Waals surface area contributed by atoms with Crippen molar-refractivity contribution in [3.8, 4) is 0 Å². The first-order valence-corrected chi connectivity index (χ1v) is 10.8. The highest BCUT2D eigenvalue weighted by Gasteiger charge is 2.19. The first-order chi connectivity index (χ1) is 15.0. The van der Waals surface area contributed by atoms with Crippen molar-refractivity contribution in [1.82, 2.24) is 18.7 Å². The molecule has 0 saturated carbocycles. The highest BCUT2D eigenvalue weighted by molar-refractivity contribution is 6.30. The monoisotopic (exact) mass is 442 g/mol. The van der Waals surface area contributed by atoms with Crippen LogP contribution in [0.3, 0.4) is 0 Å². The van der Waals surface area contributed by atoms with Crippen LogP contribution in [0.2, 0.25) is 5.02 Å².